The number of likely N-dealkylation sites (tertiary alicyclic amines) is 1. The van der Waals surface area contributed by atoms with Gasteiger partial charge in [0.15, 0.2) is 6.23 Å². The SMILES string of the molecule is CN1CC(N2CCN(CCC(=O)OCc3ccccc3)CC2CCCCC2CCN(Cc3ccccc3)CC2)OC1=O. The summed E-state index contributed by atoms with van der Waals surface area (Å²) in [6.07, 6.45) is 7.36. The number of ether oxygens (including phenoxy) is 2. The summed E-state index contributed by atoms with van der Waals surface area (Å²) < 4.78 is 11.2. The first-order valence-electron chi connectivity index (χ1n) is 15.9. The molecule has 8 heteroatoms. The molecule has 0 aromatic heterocycles. The van der Waals surface area contributed by atoms with Crippen LogP contribution in [0.15, 0.2) is 60.7 Å². The van der Waals surface area contributed by atoms with Gasteiger partial charge in [0.2, 0.25) is 0 Å². The molecule has 0 spiro atoms. The zero-order valence-electron chi connectivity index (χ0n) is 25.2. The van der Waals surface area contributed by atoms with Crippen LogP contribution in [0.3, 0.4) is 0 Å². The van der Waals surface area contributed by atoms with Crippen molar-refractivity contribution in [2.45, 2.75) is 70.4 Å². The minimum Gasteiger partial charge on any atom is -0.461 e. The van der Waals surface area contributed by atoms with Gasteiger partial charge < -0.3 is 14.4 Å². The molecular formula is C34H48N4O4. The average Bonchev–Trinajstić information content (AvgIpc) is 3.36. The third kappa shape index (κ3) is 9.03. The van der Waals surface area contributed by atoms with Gasteiger partial charge in [-0.3, -0.25) is 19.5 Å². The summed E-state index contributed by atoms with van der Waals surface area (Å²) in [7, 11) is 1.81. The largest absolute Gasteiger partial charge is 0.461 e. The van der Waals surface area contributed by atoms with E-state index in [1.165, 1.54) is 50.8 Å². The van der Waals surface area contributed by atoms with Crippen LogP contribution in [-0.2, 0) is 27.4 Å². The van der Waals surface area contributed by atoms with Crippen molar-refractivity contribution in [2.75, 3.05) is 52.9 Å². The number of rotatable bonds is 13. The Balaban J connectivity index is 1.04. The molecule has 42 heavy (non-hydrogen) atoms. The monoisotopic (exact) mass is 576 g/mol. The number of carbonyl (C=O) groups is 2. The van der Waals surface area contributed by atoms with Crippen molar-refractivity contribution in [3.63, 3.8) is 0 Å². The molecule has 2 aromatic rings. The predicted molar refractivity (Wildman–Crippen MR) is 164 cm³/mol. The Morgan fingerprint density at radius 3 is 2.24 bits per heavy atom. The molecule has 0 bridgehead atoms. The number of hydrogen-bond donors (Lipinski definition) is 0. The molecule has 3 aliphatic rings. The molecular weight excluding hydrogens is 528 g/mol. The number of piperidine rings is 1. The summed E-state index contributed by atoms with van der Waals surface area (Å²) in [6, 6.07) is 20.9. The maximum absolute atomic E-state index is 12.4. The number of carbonyl (C=O) groups excluding carboxylic acids is 2. The van der Waals surface area contributed by atoms with Crippen molar-refractivity contribution in [3.05, 3.63) is 71.8 Å². The molecule has 8 nitrogen and oxygen atoms in total. The van der Waals surface area contributed by atoms with E-state index < -0.39 is 0 Å². The van der Waals surface area contributed by atoms with E-state index in [0.717, 1.165) is 44.1 Å². The first kappa shape index (κ1) is 30.5. The van der Waals surface area contributed by atoms with Crippen molar-refractivity contribution >= 4 is 12.1 Å². The number of unbranched alkanes of at least 4 members (excludes halogenated alkanes) is 1. The highest BCUT2D eigenvalue weighted by Gasteiger charge is 2.39. The molecule has 5 rings (SSSR count). The van der Waals surface area contributed by atoms with Crippen LogP contribution in [0.25, 0.3) is 0 Å². The summed E-state index contributed by atoms with van der Waals surface area (Å²) >= 11 is 0. The number of nitrogens with zero attached hydrogens (tertiary/aromatic N) is 4. The summed E-state index contributed by atoms with van der Waals surface area (Å²) in [4.78, 5) is 33.6. The van der Waals surface area contributed by atoms with Crippen molar-refractivity contribution in [1.82, 2.24) is 19.6 Å². The molecule has 3 aliphatic heterocycles. The van der Waals surface area contributed by atoms with Gasteiger partial charge in [0, 0.05) is 45.8 Å². The van der Waals surface area contributed by atoms with Crippen molar-refractivity contribution in [3.8, 4) is 0 Å². The molecule has 2 atom stereocenters. The van der Waals surface area contributed by atoms with Crippen molar-refractivity contribution in [1.29, 1.82) is 0 Å². The van der Waals surface area contributed by atoms with E-state index in [1.54, 1.807) is 11.9 Å². The van der Waals surface area contributed by atoms with Gasteiger partial charge in [0.05, 0.1) is 13.0 Å². The van der Waals surface area contributed by atoms with Gasteiger partial charge in [-0.15, -0.1) is 0 Å². The number of likely N-dealkylation sites (N-methyl/N-ethyl adjacent to an activating group) is 1. The first-order chi connectivity index (χ1) is 20.5. The number of hydrogen-bond acceptors (Lipinski definition) is 7. The lowest BCUT2D eigenvalue weighted by Gasteiger charge is -2.43. The highest BCUT2D eigenvalue weighted by molar-refractivity contribution is 5.69. The van der Waals surface area contributed by atoms with Crippen LogP contribution >= 0.6 is 0 Å². The van der Waals surface area contributed by atoms with Crippen LogP contribution in [0, 0.1) is 5.92 Å². The minimum atomic E-state index is -0.235. The van der Waals surface area contributed by atoms with Gasteiger partial charge in [-0.2, -0.15) is 0 Å². The maximum Gasteiger partial charge on any atom is 0.411 e. The van der Waals surface area contributed by atoms with E-state index >= 15 is 0 Å². The highest BCUT2D eigenvalue weighted by Crippen LogP contribution is 2.27. The second-order valence-electron chi connectivity index (χ2n) is 12.3. The molecule has 2 aromatic carbocycles. The molecule has 3 heterocycles. The minimum absolute atomic E-state index is 0.154. The van der Waals surface area contributed by atoms with Gasteiger partial charge >= 0.3 is 12.1 Å². The zero-order chi connectivity index (χ0) is 29.1. The van der Waals surface area contributed by atoms with Crippen LogP contribution in [-0.4, -0.2) is 96.8 Å². The van der Waals surface area contributed by atoms with E-state index in [4.69, 9.17) is 9.47 Å². The molecule has 0 radical (unpaired) electrons. The first-order valence-corrected chi connectivity index (χ1v) is 15.9. The van der Waals surface area contributed by atoms with Crippen LogP contribution in [0.4, 0.5) is 4.79 Å². The average molecular weight is 577 g/mol. The fourth-order valence-electron chi connectivity index (χ4n) is 6.65. The summed E-state index contributed by atoms with van der Waals surface area (Å²) in [5.74, 6) is 0.668. The molecule has 3 fully saturated rings. The second-order valence-corrected chi connectivity index (χ2v) is 12.3. The highest BCUT2D eigenvalue weighted by atomic mass is 16.6. The Morgan fingerprint density at radius 2 is 1.55 bits per heavy atom. The van der Waals surface area contributed by atoms with Crippen LogP contribution in [0.5, 0.6) is 0 Å². The Hall–Kier alpha value is -2.94. The van der Waals surface area contributed by atoms with E-state index in [0.29, 0.717) is 32.2 Å². The van der Waals surface area contributed by atoms with E-state index in [9.17, 15) is 9.59 Å². The molecule has 0 aliphatic carbocycles. The normalized spacial score (nSPS) is 22.8. The lowest BCUT2D eigenvalue weighted by Crippen LogP contribution is -2.57. The lowest BCUT2D eigenvalue weighted by atomic mass is 9.90. The summed E-state index contributed by atoms with van der Waals surface area (Å²) in [6.45, 7) is 7.68. The lowest BCUT2D eigenvalue weighted by molar-refractivity contribution is -0.145. The van der Waals surface area contributed by atoms with Gasteiger partial charge in [-0.1, -0.05) is 79.9 Å². The van der Waals surface area contributed by atoms with E-state index in [2.05, 4.69) is 45.0 Å². The second kappa shape index (κ2) is 15.5. The third-order valence-electron chi connectivity index (χ3n) is 9.19. The van der Waals surface area contributed by atoms with Gasteiger partial charge in [0.25, 0.3) is 0 Å². The summed E-state index contributed by atoms with van der Waals surface area (Å²) in [5.41, 5.74) is 2.42. The molecule has 0 N–H and O–H groups in total. The van der Waals surface area contributed by atoms with Gasteiger partial charge in [-0.25, -0.2) is 4.79 Å². The van der Waals surface area contributed by atoms with Crippen LogP contribution < -0.4 is 0 Å². The van der Waals surface area contributed by atoms with Crippen molar-refractivity contribution in [2.24, 2.45) is 5.92 Å². The predicted octanol–water partition coefficient (Wildman–Crippen LogP) is 4.99. The number of esters is 1. The van der Waals surface area contributed by atoms with Crippen LogP contribution in [0.2, 0.25) is 0 Å². The van der Waals surface area contributed by atoms with Crippen molar-refractivity contribution < 1.29 is 19.1 Å². The quantitative estimate of drug-likeness (QED) is 0.246. The number of cyclic esters (lactones) is 1. The van der Waals surface area contributed by atoms with Crippen LogP contribution in [0.1, 0.15) is 56.1 Å². The van der Waals surface area contributed by atoms with E-state index in [-0.39, 0.29) is 18.3 Å². The molecule has 1 amide bonds. The smallest absolute Gasteiger partial charge is 0.411 e. The summed E-state index contributed by atoms with van der Waals surface area (Å²) in [5, 5.41) is 0. The fourth-order valence-corrected chi connectivity index (χ4v) is 6.65. The topological polar surface area (TPSA) is 65.6 Å². The Morgan fingerprint density at radius 1 is 0.857 bits per heavy atom. The zero-order valence-corrected chi connectivity index (χ0v) is 25.2. The molecule has 0 saturated carbocycles. The third-order valence-corrected chi connectivity index (χ3v) is 9.19. The Labute approximate surface area is 251 Å². The molecule has 2 unspecified atom stereocenters. The molecule has 228 valence electrons. The maximum atomic E-state index is 12.4. The van der Waals surface area contributed by atoms with E-state index in [1.807, 2.05) is 30.3 Å². The van der Waals surface area contributed by atoms with Gasteiger partial charge in [-0.05, 0) is 49.4 Å². The fraction of sp³-hybridized carbons (Fsp3) is 0.588. The Bertz CT molecular complexity index is 1110. The standard InChI is InChI=1S/C34H48N4O4/c1-35-26-32(42-34(35)40)38-23-22-37(21-18-33(39)41-27-30-13-6-3-7-14-30)25-31(38)15-9-8-10-28-16-19-36(20-17-28)24-29-11-4-2-5-12-29/h2-7,11-14,28,31-32H,8-10,15-27H2,1H3. The number of piperazine rings is 1. The molecule has 3 saturated heterocycles. The Kier molecular flexibility index (Phi) is 11.3. The van der Waals surface area contributed by atoms with Gasteiger partial charge in [0.1, 0.15) is 6.61 Å². The number of benzene rings is 2. The number of amides is 1.